The van der Waals surface area contributed by atoms with Crippen molar-refractivity contribution in [3.05, 3.63) is 70.8 Å². The van der Waals surface area contributed by atoms with Crippen LogP contribution in [-0.4, -0.2) is 38.8 Å². The Hall–Kier alpha value is -3.93. The van der Waals surface area contributed by atoms with E-state index < -0.39 is 23.2 Å². The third-order valence-corrected chi connectivity index (χ3v) is 6.04. The summed E-state index contributed by atoms with van der Waals surface area (Å²) in [5.41, 5.74) is -1.01. The Morgan fingerprint density at radius 3 is 2.39 bits per heavy atom. The van der Waals surface area contributed by atoms with Gasteiger partial charge in [0.2, 0.25) is 11.9 Å². The summed E-state index contributed by atoms with van der Waals surface area (Å²) in [6.07, 6.45) is 1.46. The van der Waals surface area contributed by atoms with E-state index in [0.717, 1.165) is 12.5 Å². The average Bonchev–Trinajstić information content (AvgIpc) is 3.68. The Morgan fingerprint density at radius 1 is 1.05 bits per heavy atom. The van der Waals surface area contributed by atoms with E-state index in [4.69, 9.17) is 11.6 Å². The number of halogens is 4. The Bertz CT molecular complexity index is 1300. The molecule has 1 aromatic carbocycles. The van der Waals surface area contributed by atoms with E-state index in [1.807, 2.05) is 6.92 Å². The predicted molar refractivity (Wildman–Crippen MR) is 136 cm³/mol. The van der Waals surface area contributed by atoms with Crippen LogP contribution in [0, 0.1) is 0 Å². The molecule has 3 aromatic rings. The van der Waals surface area contributed by atoms with Crippen molar-refractivity contribution in [2.45, 2.75) is 44.4 Å². The molecule has 1 saturated carbocycles. The van der Waals surface area contributed by atoms with Crippen LogP contribution in [0.1, 0.15) is 47.8 Å². The van der Waals surface area contributed by atoms with Gasteiger partial charge in [0.15, 0.2) is 0 Å². The van der Waals surface area contributed by atoms with Crippen LogP contribution in [0.2, 0.25) is 5.02 Å². The minimum absolute atomic E-state index is 0.0253. The van der Waals surface area contributed by atoms with E-state index in [2.05, 4.69) is 36.2 Å². The minimum atomic E-state index is -4.58. The molecule has 1 aliphatic carbocycles. The van der Waals surface area contributed by atoms with Gasteiger partial charge in [0.05, 0.1) is 40.9 Å². The topological polar surface area (TPSA) is 121 Å². The molecule has 13 heteroatoms. The van der Waals surface area contributed by atoms with Crippen LogP contribution in [0.15, 0.2) is 48.9 Å². The van der Waals surface area contributed by atoms with Crippen LogP contribution in [0.5, 0.6) is 0 Å². The monoisotopic (exact) mass is 547 g/mol. The van der Waals surface area contributed by atoms with Gasteiger partial charge in [-0.05, 0) is 49.6 Å². The number of alkyl halides is 3. The van der Waals surface area contributed by atoms with E-state index >= 15 is 0 Å². The first-order chi connectivity index (χ1) is 18.1. The number of pyridine rings is 1. The molecular formula is C25H25ClF3N7O2. The predicted octanol–water partition coefficient (Wildman–Crippen LogP) is 4.69. The van der Waals surface area contributed by atoms with Crippen LogP contribution in [0.25, 0.3) is 0 Å². The van der Waals surface area contributed by atoms with Crippen molar-refractivity contribution in [3.8, 4) is 0 Å². The molecule has 0 bridgehead atoms. The molecular weight excluding hydrogens is 523 g/mol. The van der Waals surface area contributed by atoms with E-state index in [1.54, 1.807) is 12.1 Å². The number of aromatic nitrogens is 3. The first-order valence-electron chi connectivity index (χ1n) is 11.8. The van der Waals surface area contributed by atoms with Gasteiger partial charge in [0.25, 0.3) is 5.91 Å². The summed E-state index contributed by atoms with van der Waals surface area (Å²) in [5, 5.41) is 11.2. The molecule has 2 heterocycles. The molecule has 2 amide bonds. The number of nitrogens with one attached hydrogen (secondary N) is 4. The Kier molecular flexibility index (Phi) is 8.00. The van der Waals surface area contributed by atoms with E-state index in [-0.39, 0.29) is 28.7 Å². The van der Waals surface area contributed by atoms with Crippen molar-refractivity contribution >= 4 is 40.7 Å². The Balaban J connectivity index is 1.31. The largest absolute Gasteiger partial charge is 0.418 e. The van der Waals surface area contributed by atoms with Gasteiger partial charge in [-0.3, -0.25) is 14.6 Å². The number of amides is 2. The van der Waals surface area contributed by atoms with Crippen LogP contribution in [0.3, 0.4) is 0 Å². The van der Waals surface area contributed by atoms with Gasteiger partial charge in [-0.15, -0.1) is 0 Å². The number of rotatable bonds is 10. The van der Waals surface area contributed by atoms with Crippen LogP contribution < -0.4 is 21.3 Å². The fourth-order valence-corrected chi connectivity index (χ4v) is 3.73. The number of anilines is 3. The molecule has 0 saturated heterocycles. The van der Waals surface area contributed by atoms with Gasteiger partial charge in [-0.1, -0.05) is 18.5 Å². The number of nitrogens with zero attached hydrogens (tertiary/aromatic N) is 3. The van der Waals surface area contributed by atoms with Crippen LogP contribution >= 0.6 is 11.6 Å². The molecule has 4 rings (SSSR count). The number of hydrogen-bond donors (Lipinski definition) is 4. The quantitative estimate of drug-likeness (QED) is 0.290. The molecule has 0 atom stereocenters. The molecule has 0 aliphatic heterocycles. The summed E-state index contributed by atoms with van der Waals surface area (Å²) in [7, 11) is 0. The second-order valence-electron chi connectivity index (χ2n) is 8.79. The lowest BCUT2D eigenvalue weighted by Gasteiger charge is -2.17. The van der Waals surface area contributed by atoms with Crippen molar-refractivity contribution in [2.75, 3.05) is 17.2 Å². The lowest BCUT2D eigenvalue weighted by molar-refractivity contribution is -0.137. The zero-order valence-corrected chi connectivity index (χ0v) is 21.1. The third kappa shape index (κ3) is 6.68. The Morgan fingerprint density at radius 2 is 1.79 bits per heavy atom. The fraction of sp³-hybridized carbons (Fsp3) is 0.320. The molecule has 4 N–H and O–H groups in total. The van der Waals surface area contributed by atoms with Gasteiger partial charge >= 0.3 is 6.18 Å². The maximum absolute atomic E-state index is 13.3. The standard InChI is InChI=1S/C25H25ClF3N7O2/c1-2-9-30-23-33-11-15(12-34-23)21(37)36-24(7-8-24)22(38)32-13-17-4-5-18(14-31-17)35-20-6-3-16(26)10-19(20)25(27,28)29/h3-6,10-12,14,35H,2,7-9,13H2,1H3,(H,32,38)(H,36,37)(H,30,33,34). The van der Waals surface area contributed by atoms with Gasteiger partial charge < -0.3 is 21.3 Å². The molecule has 2 aromatic heterocycles. The van der Waals surface area contributed by atoms with Gasteiger partial charge in [-0.25, -0.2) is 9.97 Å². The molecule has 38 heavy (non-hydrogen) atoms. The van der Waals surface area contributed by atoms with Crippen molar-refractivity contribution in [1.82, 2.24) is 25.6 Å². The lowest BCUT2D eigenvalue weighted by atomic mass is 10.1. The summed E-state index contributed by atoms with van der Waals surface area (Å²) in [6, 6.07) is 6.58. The highest BCUT2D eigenvalue weighted by molar-refractivity contribution is 6.30. The summed E-state index contributed by atoms with van der Waals surface area (Å²) in [4.78, 5) is 37.8. The van der Waals surface area contributed by atoms with Crippen molar-refractivity contribution in [3.63, 3.8) is 0 Å². The minimum Gasteiger partial charge on any atom is -0.354 e. The fourth-order valence-electron chi connectivity index (χ4n) is 3.56. The highest BCUT2D eigenvalue weighted by atomic mass is 35.5. The zero-order valence-electron chi connectivity index (χ0n) is 20.3. The average molecular weight is 548 g/mol. The lowest BCUT2D eigenvalue weighted by Crippen LogP contribution is -2.48. The van der Waals surface area contributed by atoms with Gasteiger partial charge in [0.1, 0.15) is 5.54 Å². The van der Waals surface area contributed by atoms with Crippen LogP contribution in [-0.2, 0) is 17.5 Å². The maximum atomic E-state index is 13.3. The van der Waals surface area contributed by atoms with E-state index in [9.17, 15) is 22.8 Å². The highest BCUT2D eigenvalue weighted by Gasteiger charge is 2.51. The van der Waals surface area contributed by atoms with Crippen molar-refractivity contribution in [2.24, 2.45) is 0 Å². The number of benzene rings is 1. The summed E-state index contributed by atoms with van der Waals surface area (Å²) < 4.78 is 39.9. The molecule has 0 unspecified atom stereocenters. The number of carbonyl (C=O) groups is 2. The van der Waals surface area contributed by atoms with Crippen molar-refractivity contribution < 1.29 is 22.8 Å². The number of hydrogen-bond acceptors (Lipinski definition) is 7. The molecule has 9 nitrogen and oxygen atoms in total. The normalized spacial score (nSPS) is 13.9. The summed E-state index contributed by atoms with van der Waals surface area (Å²) in [5.74, 6) is -0.383. The molecule has 0 radical (unpaired) electrons. The molecule has 0 spiro atoms. The van der Waals surface area contributed by atoms with Gasteiger partial charge in [0, 0.05) is 24.0 Å². The number of carbonyl (C=O) groups excluding carboxylic acids is 2. The molecule has 1 fully saturated rings. The zero-order chi connectivity index (χ0) is 27.3. The maximum Gasteiger partial charge on any atom is 0.418 e. The Labute approximate surface area is 221 Å². The van der Waals surface area contributed by atoms with Gasteiger partial charge in [-0.2, -0.15) is 13.2 Å². The van der Waals surface area contributed by atoms with E-state index in [0.29, 0.717) is 36.7 Å². The first kappa shape index (κ1) is 27.1. The third-order valence-electron chi connectivity index (χ3n) is 5.81. The SMILES string of the molecule is CCCNc1ncc(C(=O)NC2(C(=O)NCc3ccc(Nc4ccc(Cl)cc4C(F)(F)F)cn3)CC2)cn1. The van der Waals surface area contributed by atoms with Crippen molar-refractivity contribution in [1.29, 1.82) is 0 Å². The molecule has 1 aliphatic rings. The highest BCUT2D eigenvalue weighted by Crippen LogP contribution is 2.38. The second kappa shape index (κ2) is 11.2. The second-order valence-corrected chi connectivity index (χ2v) is 9.23. The summed E-state index contributed by atoms with van der Waals surface area (Å²) in [6.45, 7) is 2.80. The first-order valence-corrected chi connectivity index (χ1v) is 12.2. The molecule has 200 valence electrons. The summed E-state index contributed by atoms with van der Waals surface area (Å²) >= 11 is 5.72. The van der Waals surface area contributed by atoms with E-state index in [1.165, 1.54) is 30.7 Å². The smallest absolute Gasteiger partial charge is 0.354 e. The van der Waals surface area contributed by atoms with Crippen LogP contribution in [0.4, 0.5) is 30.5 Å².